The Morgan fingerprint density at radius 3 is 2.05 bits per heavy atom. The van der Waals surface area contributed by atoms with Crippen LogP contribution in [0.25, 0.3) is 0 Å². The van der Waals surface area contributed by atoms with Gasteiger partial charge in [0.25, 0.3) is 0 Å². The van der Waals surface area contributed by atoms with Crippen LogP contribution in [0.5, 0.6) is 5.75 Å². The van der Waals surface area contributed by atoms with E-state index in [9.17, 15) is 4.79 Å². The maximum Gasteiger partial charge on any atom is 0.339 e. The quantitative estimate of drug-likeness (QED) is 0.557. The molecule has 0 saturated heterocycles. The molecule has 0 aliphatic heterocycles. The Bertz CT molecular complexity index is 548. The first-order valence-electron chi connectivity index (χ1n) is 7.76. The topological polar surface area (TPSA) is 35.5 Å². The van der Waals surface area contributed by atoms with Gasteiger partial charge in [0, 0.05) is 0 Å². The van der Waals surface area contributed by atoms with Crippen molar-refractivity contribution < 1.29 is 14.0 Å². The molecule has 0 saturated carbocycles. The minimum absolute atomic E-state index is 0.115. The Hall–Kier alpha value is -1.29. The van der Waals surface area contributed by atoms with Crippen molar-refractivity contribution in [2.24, 2.45) is 0 Å². The molecule has 0 unspecified atom stereocenters. The fraction of sp³-hybridized carbons (Fsp3) is 0.611. The molecule has 0 N–H and O–H groups in total. The van der Waals surface area contributed by atoms with Crippen LogP contribution in [0, 0.1) is 6.92 Å². The van der Waals surface area contributed by atoms with Gasteiger partial charge in [0.05, 0.1) is 5.56 Å². The minimum atomic E-state index is -1.92. The lowest BCUT2D eigenvalue weighted by Crippen LogP contribution is -2.43. The Balaban J connectivity index is 3.08. The van der Waals surface area contributed by atoms with E-state index in [2.05, 4.69) is 33.9 Å². The number of rotatable bonds is 3. The zero-order valence-corrected chi connectivity index (χ0v) is 16.5. The molecule has 4 heteroatoms. The molecule has 0 radical (unpaired) electrons. The summed E-state index contributed by atoms with van der Waals surface area (Å²) in [5, 5.41) is 0.115. The maximum atomic E-state index is 12.3. The minimum Gasteiger partial charge on any atom is -0.543 e. The van der Waals surface area contributed by atoms with Crippen molar-refractivity contribution in [3.8, 4) is 5.75 Å². The highest BCUT2D eigenvalue weighted by atomic mass is 28.4. The smallest absolute Gasteiger partial charge is 0.339 e. The van der Waals surface area contributed by atoms with Gasteiger partial charge in [-0.1, -0.05) is 26.8 Å². The molecule has 22 heavy (non-hydrogen) atoms. The summed E-state index contributed by atoms with van der Waals surface area (Å²) in [6.07, 6.45) is 0. The number of hydrogen-bond donors (Lipinski definition) is 0. The summed E-state index contributed by atoms with van der Waals surface area (Å²) in [6.45, 7) is 18.5. The molecule has 0 aromatic heterocycles. The molecule has 1 aromatic carbocycles. The van der Waals surface area contributed by atoms with E-state index in [1.807, 2.05) is 45.9 Å². The number of hydrogen-bond acceptors (Lipinski definition) is 3. The summed E-state index contributed by atoms with van der Waals surface area (Å²) >= 11 is 0. The molecule has 3 nitrogen and oxygen atoms in total. The Morgan fingerprint density at radius 2 is 1.59 bits per heavy atom. The van der Waals surface area contributed by atoms with Gasteiger partial charge < -0.3 is 9.16 Å². The Kier molecular flexibility index (Phi) is 5.17. The molecular weight excluding hydrogens is 292 g/mol. The van der Waals surface area contributed by atoms with Crippen molar-refractivity contribution in [1.82, 2.24) is 0 Å². The lowest BCUT2D eigenvalue weighted by molar-refractivity contribution is 0.00684. The molecule has 0 bridgehead atoms. The van der Waals surface area contributed by atoms with E-state index in [1.54, 1.807) is 0 Å². The average Bonchev–Trinajstić information content (AvgIpc) is 2.27. The van der Waals surface area contributed by atoms with Crippen LogP contribution in [0.3, 0.4) is 0 Å². The summed E-state index contributed by atoms with van der Waals surface area (Å²) in [4.78, 5) is 12.3. The lowest BCUT2D eigenvalue weighted by atomic mass is 10.1. The molecule has 0 aliphatic carbocycles. The van der Waals surface area contributed by atoms with Gasteiger partial charge in [-0.3, -0.25) is 0 Å². The fourth-order valence-electron chi connectivity index (χ4n) is 1.67. The highest BCUT2D eigenvalue weighted by Crippen LogP contribution is 2.37. The number of ether oxygens (including phenoxy) is 1. The zero-order valence-electron chi connectivity index (χ0n) is 15.5. The van der Waals surface area contributed by atoms with Gasteiger partial charge in [0.15, 0.2) is 0 Å². The molecule has 1 rings (SSSR count). The van der Waals surface area contributed by atoms with Gasteiger partial charge in [0.1, 0.15) is 11.4 Å². The van der Waals surface area contributed by atoms with Gasteiger partial charge in [0.2, 0.25) is 8.32 Å². The number of esters is 1. The average molecular weight is 323 g/mol. The molecule has 1 aromatic rings. The van der Waals surface area contributed by atoms with Crippen LogP contribution in [0.4, 0.5) is 0 Å². The van der Waals surface area contributed by atoms with Crippen LogP contribution in [0.15, 0.2) is 18.2 Å². The van der Waals surface area contributed by atoms with Gasteiger partial charge in [-0.15, -0.1) is 0 Å². The van der Waals surface area contributed by atoms with Crippen LogP contribution in [0.1, 0.15) is 57.5 Å². The van der Waals surface area contributed by atoms with Crippen LogP contribution in [-0.2, 0) is 4.74 Å². The summed E-state index contributed by atoms with van der Waals surface area (Å²) in [5.74, 6) is 0.448. The van der Waals surface area contributed by atoms with Gasteiger partial charge in [-0.2, -0.15) is 0 Å². The molecule has 124 valence electrons. The molecule has 0 atom stereocenters. The van der Waals surface area contributed by atoms with Crippen LogP contribution < -0.4 is 4.43 Å². The second-order valence-electron chi connectivity index (χ2n) is 8.34. The largest absolute Gasteiger partial charge is 0.543 e. The summed E-state index contributed by atoms with van der Waals surface area (Å²) in [7, 11) is -1.92. The third kappa shape index (κ3) is 4.87. The highest BCUT2D eigenvalue weighted by molar-refractivity contribution is 6.74. The summed E-state index contributed by atoms with van der Waals surface area (Å²) in [5.41, 5.74) is 0.975. The van der Waals surface area contributed by atoms with E-state index in [0.29, 0.717) is 5.56 Å². The standard InChI is InChI=1S/C18H30O3Si/c1-13-10-11-14(21-22(8,9)18(5,6)7)12-15(13)16(19)20-17(2,3)4/h10-12H,1-9H3. The summed E-state index contributed by atoms with van der Waals surface area (Å²) in [6, 6.07) is 5.66. The second-order valence-corrected chi connectivity index (χ2v) is 13.1. The fourth-order valence-corrected chi connectivity index (χ4v) is 2.69. The molecule has 0 heterocycles. The molecule has 0 spiro atoms. The second kappa shape index (κ2) is 6.07. The van der Waals surface area contributed by atoms with E-state index >= 15 is 0 Å². The first-order chi connectivity index (χ1) is 9.73. The number of aryl methyl sites for hydroxylation is 1. The monoisotopic (exact) mass is 322 g/mol. The molecule has 0 fully saturated rings. The lowest BCUT2D eigenvalue weighted by Gasteiger charge is -2.36. The predicted octanol–water partition coefficient (Wildman–Crippen LogP) is 5.33. The number of carbonyl (C=O) groups excluding carboxylic acids is 1. The van der Waals surface area contributed by atoms with Crippen molar-refractivity contribution >= 4 is 14.3 Å². The van der Waals surface area contributed by atoms with E-state index in [0.717, 1.165) is 11.3 Å². The zero-order chi connectivity index (χ0) is 17.3. The van der Waals surface area contributed by atoms with Crippen LogP contribution >= 0.6 is 0 Å². The third-order valence-electron chi connectivity index (χ3n) is 4.01. The van der Waals surface area contributed by atoms with E-state index in [1.165, 1.54) is 0 Å². The van der Waals surface area contributed by atoms with Gasteiger partial charge >= 0.3 is 5.97 Å². The third-order valence-corrected chi connectivity index (χ3v) is 8.37. The highest BCUT2D eigenvalue weighted by Gasteiger charge is 2.39. The molecular formula is C18H30O3Si. The van der Waals surface area contributed by atoms with E-state index in [4.69, 9.17) is 9.16 Å². The van der Waals surface area contributed by atoms with Crippen LogP contribution in [0.2, 0.25) is 18.1 Å². The number of benzene rings is 1. The first kappa shape index (κ1) is 18.8. The maximum absolute atomic E-state index is 12.3. The summed E-state index contributed by atoms with van der Waals surface area (Å²) < 4.78 is 11.7. The Morgan fingerprint density at radius 1 is 1.05 bits per heavy atom. The Labute approximate surface area is 136 Å². The van der Waals surface area contributed by atoms with Gasteiger partial charge in [-0.05, 0) is 63.5 Å². The van der Waals surface area contributed by atoms with Crippen LogP contribution in [-0.4, -0.2) is 19.9 Å². The SMILES string of the molecule is Cc1ccc(O[Si](C)(C)C(C)(C)C)cc1C(=O)OC(C)(C)C. The van der Waals surface area contributed by atoms with E-state index in [-0.39, 0.29) is 11.0 Å². The van der Waals surface area contributed by atoms with Crippen molar-refractivity contribution in [3.05, 3.63) is 29.3 Å². The first-order valence-corrected chi connectivity index (χ1v) is 10.7. The molecule has 0 aliphatic rings. The van der Waals surface area contributed by atoms with Gasteiger partial charge in [-0.25, -0.2) is 4.79 Å². The van der Waals surface area contributed by atoms with Crippen molar-refractivity contribution in [2.45, 2.75) is 72.2 Å². The normalized spacial score (nSPS) is 13.0. The van der Waals surface area contributed by atoms with Crippen molar-refractivity contribution in [3.63, 3.8) is 0 Å². The van der Waals surface area contributed by atoms with Crippen molar-refractivity contribution in [2.75, 3.05) is 0 Å². The van der Waals surface area contributed by atoms with Crippen molar-refractivity contribution in [1.29, 1.82) is 0 Å². The van der Waals surface area contributed by atoms with E-state index < -0.39 is 13.9 Å². The predicted molar refractivity (Wildman–Crippen MR) is 94.2 cm³/mol. The number of carbonyl (C=O) groups is 1. The molecule has 0 amide bonds.